The SMILES string of the molecule is CCCN=C1Nc2ccc(C)cc2/C(=C/c2ccccc2)S1. The molecule has 0 aliphatic carbocycles. The molecule has 3 heteroatoms. The summed E-state index contributed by atoms with van der Waals surface area (Å²) in [5.41, 5.74) is 4.88. The fraction of sp³-hybridized carbons (Fsp3) is 0.211. The molecular weight excluding hydrogens is 288 g/mol. The van der Waals surface area contributed by atoms with Gasteiger partial charge in [-0.2, -0.15) is 0 Å². The lowest BCUT2D eigenvalue weighted by Gasteiger charge is -2.22. The van der Waals surface area contributed by atoms with Crippen molar-refractivity contribution in [1.29, 1.82) is 0 Å². The van der Waals surface area contributed by atoms with E-state index in [0.29, 0.717) is 0 Å². The van der Waals surface area contributed by atoms with Crippen LogP contribution in [0.1, 0.15) is 30.0 Å². The second-order valence-corrected chi connectivity index (χ2v) is 6.41. The van der Waals surface area contributed by atoms with Crippen LogP contribution in [0.15, 0.2) is 53.5 Å². The lowest BCUT2D eigenvalue weighted by molar-refractivity contribution is 0.935. The van der Waals surface area contributed by atoms with Crippen LogP contribution >= 0.6 is 11.8 Å². The van der Waals surface area contributed by atoms with E-state index in [2.05, 4.69) is 72.7 Å². The van der Waals surface area contributed by atoms with Gasteiger partial charge in [-0.1, -0.05) is 60.6 Å². The summed E-state index contributed by atoms with van der Waals surface area (Å²) < 4.78 is 0. The minimum Gasteiger partial charge on any atom is -0.334 e. The summed E-state index contributed by atoms with van der Waals surface area (Å²) in [4.78, 5) is 5.89. The number of nitrogens with zero attached hydrogens (tertiary/aromatic N) is 1. The fourth-order valence-corrected chi connectivity index (χ4v) is 3.36. The van der Waals surface area contributed by atoms with Crippen molar-refractivity contribution >= 4 is 33.6 Å². The summed E-state index contributed by atoms with van der Waals surface area (Å²) in [7, 11) is 0. The molecule has 1 aliphatic heterocycles. The lowest BCUT2D eigenvalue weighted by atomic mass is 10.1. The molecule has 1 heterocycles. The van der Waals surface area contributed by atoms with Crippen molar-refractivity contribution in [1.82, 2.24) is 0 Å². The largest absolute Gasteiger partial charge is 0.334 e. The summed E-state index contributed by atoms with van der Waals surface area (Å²) in [5.74, 6) is 0. The Morgan fingerprint density at radius 1 is 1.14 bits per heavy atom. The Kier molecular flexibility index (Phi) is 4.64. The molecule has 2 aromatic rings. The number of rotatable bonds is 3. The Labute approximate surface area is 136 Å². The highest BCUT2D eigenvalue weighted by atomic mass is 32.2. The van der Waals surface area contributed by atoms with Crippen molar-refractivity contribution < 1.29 is 0 Å². The van der Waals surface area contributed by atoms with Gasteiger partial charge in [0, 0.05) is 22.7 Å². The molecule has 0 spiro atoms. The molecule has 2 aromatic carbocycles. The van der Waals surface area contributed by atoms with Crippen LogP contribution in [0.5, 0.6) is 0 Å². The first kappa shape index (κ1) is 14.9. The van der Waals surface area contributed by atoms with Gasteiger partial charge in [-0.05, 0) is 37.1 Å². The second-order valence-electron chi connectivity index (χ2n) is 5.38. The molecule has 1 N–H and O–H groups in total. The summed E-state index contributed by atoms with van der Waals surface area (Å²) >= 11 is 1.72. The Hall–Kier alpha value is -2.00. The number of fused-ring (bicyclic) bond motifs is 1. The Morgan fingerprint density at radius 3 is 2.73 bits per heavy atom. The monoisotopic (exact) mass is 308 g/mol. The van der Waals surface area contributed by atoms with Crippen molar-refractivity contribution in [3.63, 3.8) is 0 Å². The molecule has 1 aliphatic rings. The van der Waals surface area contributed by atoms with E-state index in [1.807, 2.05) is 6.07 Å². The molecule has 0 amide bonds. The van der Waals surface area contributed by atoms with Gasteiger partial charge in [0.1, 0.15) is 0 Å². The number of hydrogen-bond acceptors (Lipinski definition) is 2. The highest BCUT2D eigenvalue weighted by Crippen LogP contribution is 2.40. The van der Waals surface area contributed by atoms with Crippen molar-refractivity contribution in [2.75, 3.05) is 11.9 Å². The second kappa shape index (κ2) is 6.84. The van der Waals surface area contributed by atoms with Crippen molar-refractivity contribution in [2.24, 2.45) is 4.99 Å². The van der Waals surface area contributed by atoms with Gasteiger partial charge in [-0.15, -0.1) is 0 Å². The predicted octanol–water partition coefficient (Wildman–Crippen LogP) is 5.42. The maximum absolute atomic E-state index is 4.64. The third kappa shape index (κ3) is 3.42. The zero-order chi connectivity index (χ0) is 15.4. The van der Waals surface area contributed by atoms with E-state index in [1.165, 1.54) is 21.6 Å². The van der Waals surface area contributed by atoms with Gasteiger partial charge in [0.15, 0.2) is 5.17 Å². The fourth-order valence-electron chi connectivity index (χ4n) is 2.36. The summed E-state index contributed by atoms with van der Waals surface area (Å²) in [6.07, 6.45) is 3.30. The standard InChI is InChI=1S/C19H20N2S/c1-3-11-20-19-21-17-10-9-14(2)12-16(17)18(22-19)13-15-7-5-4-6-8-15/h4-10,12-13H,3,11H2,1-2H3,(H,20,21)/b18-13-. The average Bonchev–Trinajstić information content (AvgIpc) is 2.54. The molecule has 22 heavy (non-hydrogen) atoms. The van der Waals surface area contributed by atoms with Crippen LogP contribution in [0.25, 0.3) is 11.0 Å². The van der Waals surface area contributed by atoms with E-state index in [0.717, 1.165) is 23.8 Å². The van der Waals surface area contributed by atoms with E-state index >= 15 is 0 Å². The van der Waals surface area contributed by atoms with Crippen LogP contribution < -0.4 is 5.32 Å². The molecule has 112 valence electrons. The highest BCUT2D eigenvalue weighted by molar-refractivity contribution is 8.22. The summed E-state index contributed by atoms with van der Waals surface area (Å²) in [6, 6.07) is 17.0. The highest BCUT2D eigenvalue weighted by Gasteiger charge is 2.19. The first-order chi connectivity index (χ1) is 10.8. The Morgan fingerprint density at radius 2 is 1.95 bits per heavy atom. The first-order valence-corrected chi connectivity index (χ1v) is 8.45. The van der Waals surface area contributed by atoms with Crippen LogP contribution in [0.3, 0.4) is 0 Å². The van der Waals surface area contributed by atoms with Crippen molar-refractivity contribution in [3.05, 3.63) is 65.2 Å². The number of benzene rings is 2. The van der Waals surface area contributed by atoms with Crippen LogP contribution in [-0.2, 0) is 0 Å². The quantitative estimate of drug-likeness (QED) is 0.819. The van der Waals surface area contributed by atoms with Gasteiger partial charge in [-0.25, -0.2) is 0 Å². The molecule has 0 bridgehead atoms. The minimum atomic E-state index is 0.856. The number of amidine groups is 1. The third-order valence-electron chi connectivity index (χ3n) is 3.47. The summed E-state index contributed by atoms with van der Waals surface area (Å²) in [6.45, 7) is 5.14. The van der Waals surface area contributed by atoms with E-state index in [4.69, 9.17) is 0 Å². The molecule has 0 saturated carbocycles. The average molecular weight is 308 g/mol. The molecule has 0 atom stereocenters. The molecular formula is C19H20N2S. The van der Waals surface area contributed by atoms with Gasteiger partial charge >= 0.3 is 0 Å². The topological polar surface area (TPSA) is 24.4 Å². The number of aryl methyl sites for hydroxylation is 1. The molecule has 0 unspecified atom stereocenters. The van der Waals surface area contributed by atoms with Crippen LogP contribution in [0, 0.1) is 6.92 Å². The number of hydrogen-bond donors (Lipinski definition) is 1. The number of thioether (sulfide) groups is 1. The van der Waals surface area contributed by atoms with E-state index in [-0.39, 0.29) is 0 Å². The van der Waals surface area contributed by atoms with Crippen molar-refractivity contribution in [2.45, 2.75) is 20.3 Å². The number of aliphatic imine (C=N–C) groups is 1. The predicted molar refractivity (Wildman–Crippen MR) is 99.3 cm³/mol. The normalized spacial score (nSPS) is 17.4. The molecule has 0 radical (unpaired) electrons. The van der Waals surface area contributed by atoms with Crippen LogP contribution in [0.2, 0.25) is 0 Å². The zero-order valence-electron chi connectivity index (χ0n) is 13.0. The van der Waals surface area contributed by atoms with Gasteiger partial charge in [0.05, 0.1) is 0 Å². The van der Waals surface area contributed by atoms with E-state index in [9.17, 15) is 0 Å². The van der Waals surface area contributed by atoms with Gasteiger partial charge in [0.25, 0.3) is 0 Å². The van der Waals surface area contributed by atoms with Crippen LogP contribution in [-0.4, -0.2) is 11.7 Å². The maximum Gasteiger partial charge on any atom is 0.165 e. The molecule has 2 nitrogen and oxygen atoms in total. The maximum atomic E-state index is 4.64. The molecule has 0 fully saturated rings. The van der Waals surface area contributed by atoms with Crippen molar-refractivity contribution in [3.8, 4) is 0 Å². The summed E-state index contributed by atoms with van der Waals surface area (Å²) in [5, 5.41) is 4.43. The molecule has 3 rings (SSSR count). The number of nitrogens with one attached hydrogen (secondary N) is 1. The smallest absolute Gasteiger partial charge is 0.165 e. The van der Waals surface area contributed by atoms with E-state index < -0.39 is 0 Å². The number of anilines is 1. The first-order valence-electron chi connectivity index (χ1n) is 7.63. The molecule has 0 aromatic heterocycles. The van der Waals surface area contributed by atoms with E-state index in [1.54, 1.807) is 11.8 Å². The van der Waals surface area contributed by atoms with Gasteiger partial charge < -0.3 is 5.32 Å². The van der Waals surface area contributed by atoms with Gasteiger partial charge in [0.2, 0.25) is 0 Å². The Bertz CT molecular complexity index is 717. The minimum absolute atomic E-state index is 0.856. The lowest BCUT2D eigenvalue weighted by Crippen LogP contribution is -2.15. The zero-order valence-corrected chi connectivity index (χ0v) is 13.8. The Balaban J connectivity index is 2.04. The van der Waals surface area contributed by atoms with Crippen LogP contribution in [0.4, 0.5) is 5.69 Å². The third-order valence-corrected chi connectivity index (χ3v) is 4.45. The molecule has 0 saturated heterocycles. The van der Waals surface area contributed by atoms with Gasteiger partial charge in [-0.3, -0.25) is 4.99 Å².